The van der Waals surface area contributed by atoms with Gasteiger partial charge in [0.15, 0.2) is 5.96 Å². The third-order valence-corrected chi connectivity index (χ3v) is 4.28. The molecule has 0 saturated carbocycles. The fraction of sp³-hybridized carbons (Fsp3) is 0.556. The molecule has 1 amide bonds. The van der Waals surface area contributed by atoms with Crippen LogP contribution in [0.4, 0.5) is 0 Å². The summed E-state index contributed by atoms with van der Waals surface area (Å²) in [5.74, 6) is 0.710. The van der Waals surface area contributed by atoms with E-state index < -0.39 is 0 Å². The lowest BCUT2D eigenvalue weighted by Gasteiger charge is -2.24. The number of amides is 1. The molecule has 140 valence electrons. The van der Waals surface area contributed by atoms with Crippen molar-refractivity contribution in [1.29, 1.82) is 0 Å². The van der Waals surface area contributed by atoms with Crippen LogP contribution in [0.3, 0.4) is 0 Å². The summed E-state index contributed by atoms with van der Waals surface area (Å²) in [6.07, 6.45) is 3.01. The molecule has 2 rings (SSSR count). The Morgan fingerprint density at radius 1 is 1.36 bits per heavy atom. The Labute approximate surface area is 167 Å². The zero-order valence-electron chi connectivity index (χ0n) is 15.2. The number of hydrogen-bond donors (Lipinski definition) is 3. The summed E-state index contributed by atoms with van der Waals surface area (Å²) >= 11 is 0. The molecule has 1 aliphatic heterocycles. The van der Waals surface area contributed by atoms with Crippen LogP contribution in [-0.4, -0.2) is 51.3 Å². The predicted molar refractivity (Wildman–Crippen MR) is 112 cm³/mol. The molecular weight excluding hydrogens is 431 g/mol. The van der Waals surface area contributed by atoms with Gasteiger partial charge in [0, 0.05) is 39.4 Å². The van der Waals surface area contributed by atoms with Crippen LogP contribution in [0.25, 0.3) is 0 Å². The molecule has 0 bridgehead atoms. The van der Waals surface area contributed by atoms with Crippen molar-refractivity contribution in [1.82, 2.24) is 16.0 Å². The average molecular weight is 460 g/mol. The predicted octanol–water partition coefficient (Wildman–Crippen LogP) is 1.94. The van der Waals surface area contributed by atoms with Gasteiger partial charge < -0.3 is 20.7 Å². The maximum Gasteiger partial charge on any atom is 0.251 e. The van der Waals surface area contributed by atoms with Crippen molar-refractivity contribution in [3.05, 3.63) is 35.4 Å². The van der Waals surface area contributed by atoms with E-state index in [-0.39, 0.29) is 35.5 Å². The van der Waals surface area contributed by atoms with E-state index >= 15 is 0 Å². The summed E-state index contributed by atoms with van der Waals surface area (Å²) in [4.78, 5) is 15.9. The third kappa shape index (κ3) is 6.81. The first-order chi connectivity index (χ1) is 11.6. The van der Waals surface area contributed by atoms with E-state index in [1.807, 2.05) is 24.3 Å². The average Bonchev–Trinajstić information content (AvgIpc) is 3.04. The number of nitrogens with one attached hydrogen (secondary N) is 3. The van der Waals surface area contributed by atoms with Crippen LogP contribution in [0.1, 0.15) is 35.7 Å². The van der Waals surface area contributed by atoms with Crippen LogP contribution in [0.2, 0.25) is 0 Å². The Morgan fingerprint density at radius 2 is 2.16 bits per heavy atom. The fourth-order valence-corrected chi connectivity index (χ4v) is 2.81. The number of carbonyl (C=O) groups excluding carboxylic acids is 1. The molecule has 1 fully saturated rings. The van der Waals surface area contributed by atoms with Gasteiger partial charge in [0.2, 0.25) is 0 Å². The Hall–Kier alpha value is -1.35. The first kappa shape index (κ1) is 21.7. The molecule has 1 atom stereocenters. The number of ether oxygens (including phenoxy) is 1. The first-order valence-corrected chi connectivity index (χ1v) is 8.46. The molecule has 1 saturated heterocycles. The van der Waals surface area contributed by atoms with Crippen LogP contribution < -0.4 is 16.0 Å². The van der Waals surface area contributed by atoms with Gasteiger partial charge in [-0.25, -0.2) is 0 Å². The molecule has 1 aliphatic rings. The fourth-order valence-electron chi connectivity index (χ4n) is 2.81. The smallest absolute Gasteiger partial charge is 0.251 e. The second-order valence-electron chi connectivity index (χ2n) is 6.28. The summed E-state index contributed by atoms with van der Waals surface area (Å²) in [6, 6.07) is 7.67. The van der Waals surface area contributed by atoms with Crippen LogP contribution >= 0.6 is 24.0 Å². The normalized spacial score (nSPS) is 19.9. The number of benzene rings is 1. The minimum Gasteiger partial charge on any atom is -0.373 e. The highest BCUT2D eigenvalue weighted by molar-refractivity contribution is 14.0. The Balaban J connectivity index is 0.00000312. The number of halogens is 1. The van der Waals surface area contributed by atoms with Gasteiger partial charge >= 0.3 is 0 Å². The molecule has 0 aromatic heterocycles. The lowest BCUT2D eigenvalue weighted by molar-refractivity contribution is 0.0243. The van der Waals surface area contributed by atoms with Crippen molar-refractivity contribution in [2.24, 2.45) is 4.99 Å². The molecule has 1 heterocycles. The van der Waals surface area contributed by atoms with Crippen LogP contribution in [0.15, 0.2) is 29.3 Å². The van der Waals surface area contributed by atoms with Gasteiger partial charge in [0.1, 0.15) is 0 Å². The first-order valence-electron chi connectivity index (χ1n) is 8.46. The summed E-state index contributed by atoms with van der Waals surface area (Å²) in [6.45, 7) is 4.46. The second-order valence-corrected chi connectivity index (χ2v) is 6.28. The second kappa shape index (κ2) is 10.6. The minimum absolute atomic E-state index is 0. The molecule has 6 nitrogen and oxygen atoms in total. The van der Waals surface area contributed by atoms with Gasteiger partial charge in [-0.2, -0.15) is 0 Å². The Morgan fingerprint density at radius 3 is 2.80 bits per heavy atom. The highest BCUT2D eigenvalue weighted by Gasteiger charge is 2.29. The highest BCUT2D eigenvalue weighted by atomic mass is 127. The van der Waals surface area contributed by atoms with E-state index in [9.17, 15) is 4.79 Å². The zero-order valence-corrected chi connectivity index (χ0v) is 17.6. The topological polar surface area (TPSA) is 74.8 Å². The third-order valence-electron chi connectivity index (χ3n) is 4.28. The molecule has 0 radical (unpaired) electrons. The van der Waals surface area contributed by atoms with E-state index in [4.69, 9.17) is 4.74 Å². The summed E-state index contributed by atoms with van der Waals surface area (Å²) in [7, 11) is 3.40. The lowest BCUT2D eigenvalue weighted by atomic mass is 10.0. The zero-order chi connectivity index (χ0) is 17.4. The summed E-state index contributed by atoms with van der Waals surface area (Å²) < 4.78 is 5.77. The van der Waals surface area contributed by atoms with E-state index in [0.29, 0.717) is 5.56 Å². The van der Waals surface area contributed by atoms with Crippen molar-refractivity contribution in [2.75, 3.05) is 33.8 Å². The van der Waals surface area contributed by atoms with Gasteiger partial charge in [-0.3, -0.25) is 9.79 Å². The molecule has 1 aromatic carbocycles. The number of aliphatic imine (C=N–C) groups is 1. The Bertz CT molecular complexity index is 586. The van der Waals surface area contributed by atoms with Crippen LogP contribution in [0, 0.1) is 0 Å². The van der Waals surface area contributed by atoms with Gasteiger partial charge in [0.05, 0.1) is 5.60 Å². The van der Waals surface area contributed by atoms with Crippen molar-refractivity contribution < 1.29 is 9.53 Å². The van der Waals surface area contributed by atoms with E-state index in [0.717, 1.165) is 50.5 Å². The van der Waals surface area contributed by atoms with Crippen molar-refractivity contribution in [2.45, 2.75) is 31.8 Å². The molecule has 3 N–H and O–H groups in total. The van der Waals surface area contributed by atoms with Crippen LogP contribution in [0.5, 0.6) is 0 Å². The largest absolute Gasteiger partial charge is 0.373 e. The standard InChI is InChI=1S/C18H28N4O2.HI/c1-18(9-5-11-24-18)13-22-17(20-3)21-10-8-14-6-4-7-15(12-14)16(23)19-2;/h4,6-7,12H,5,8-11,13H2,1-3H3,(H,19,23)(H2,20,21,22);1H. The van der Waals surface area contributed by atoms with Crippen molar-refractivity contribution >= 4 is 35.8 Å². The van der Waals surface area contributed by atoms with E-state index in [1.165, 1.54) is 0 Å². The van der Waals surface area contributed by atoms with Gasteiger partial charge in [-0.05, 0) is 43.9 Å². The number of hydrogen-bond acceptors (Lipinski definition) is 3. The monoisotopic (exact) mass is 460 g/mol. The molecular formula is C18H29IN4O2. The molecule has 7 heteroatoms. The quantitative estimate of drug-likeness (QED) is 0.345. The molecule has 0 spiro atoms. The number of guanidine groups is 1. The number of carbonyl (C=O) groups is 1. The van der Waals surface area contributed by atoms with Crippen LogP contribution in [-0.2, 0) is 11.2 Å². The van der Waals surface area contributed by atoms with Gasteiger partial charge in [-0.15, -0.1) is 24.0 Å². The number of nitrogens with zero attached hydrogens (tertiary/aromatic N) is 1. The SMILES string of the molecule is CN=C(NCCc1cccc(C(=O)NC)c1)NCC1(C)CCCO1.I. The summed E-state index contributed by atoms with van der Waals surface area (Å²) in [5.41, 5.74) is 1.70. The summed E-state index contributed by atoms with van der Waals surface area (Å²) in [5, 5.41) is 9.27. The van der Waals surface area contributed by atoms with E-state index in [1.54, 1.807) is 14.1 Å². The minimum atomic E-state index is -0.0978. The molecule has 0 aliphatic carbocycles. The maximum absolute atomic E-state index is 11.7. The molecule has 25 heavy (non-hydrogen) atoms. The molecule has 1 aromatic rings. The molecule has 1 unspecified atom stereocenters. The maximum atomic E-state index is 11.7. The Kier molecular flexibility index (Phi) is 9.20. The lowest BCUT2D eigenvalue weighted by Crippen LogP contribution is -2.45. The van der Waals surface area contributed by atoms with Crippen molar-refractivity contribution in [3.8, 4) is 0 Å². The van der Waals surface area contributed by atoms with E-state index in [2.05, 4.69) is 27.9 Å². The van der Waals surface area contributed by atoms with Crippen molar-refractivity contribution in [3.63, 3.8) is 0 Å². The van der Waals surface area contributed by atoms with Gasteiger partial charge in [-0.1, -0.05) is 12.1 Å². The highest BCUT2D eigenvalue weighted by Crippen LogP contribution is 2.23. The number of rotatable bonds is 6. The van der Waals surface area contributed by atoms with Gasteiger partial charge in [0.25, 0.3) is 5.91 Å².